The average molecular weight is 501 g/mol. The second-order valence-electron chi connectivity index (χ2n) is 10.2. The minimum Gasteiger partial charge on any atom is -0.444 e. The highest BCUT2D eigenvalue weighted by molar-refractivity contribution is 6.31. The minimum atomic E-state index is -0.688. The predicted molar refractivity (Wildman–Crippen MR) is 131 cm³/mol. The zero-order chi connectivity index (χ0) is 24.5. The van der Waals surface area contributed by atoms with Gasteiger partial charge in [-0.3, -0.25) is 14.5 Å². The van der Waals surface area contributed by atoms with Crippen molar-refractivity contribution in [3.63, 3.8) is 0 Å². The van der Waals surface area contributed by atoms with Crippen molar-refractivity contribution >= 4 is 29.5 Å². The van der Waals surface area contributed by atoms with Crippen LogP contribution >= 0.6 is 11.6 Å². The van der Waals surface area contributed by atoms with Gasteiger partial charge in [0.05, 0.1) is 19.1 Å². The van der Waals surface area contributed by atoms with E-state index in [9.17, 15) is 14.4 Å². The van der Waals surface area contributed by atoms with Gasteiger partial charge >= 0.3 is 6.09 Å². The standard InChI is InChI=1S/C26H33ClN4O4/c27-20-9-6-8-17-13-30(15-19(17)20)26(34)35-18-12-23-24(32)29-22-11-16(22)7-4-2-1-3-5-10-21(28)25(33)31(23)14-18/h4,6-9,16,18,21-23H,1-3,5,10-15,28H2,(H,29,32)/b7-4-/t16-,18-,21+,22-,23+/m1/s1. The number of nitrogens with one attached hydrogen (secondary N) is 1. The maximum absolute atomic E-state index is 13.2. The van der Waals surface area contributed by atoms with Gasteiger partial charge in [-0.2, -0.15) is 0 Å². The van der Waals surface area contributed by atoms with E-state index in [1.54, 1.807) is 4.90 Å². The van der Waals surface area contributed by atoms with E-state index in [-0.39, 0.29) is 30.8 Å². The first-order valence-corrected chi connectivity index (χ1v) is 13.0. The Hall–Kier alpha value is -2.58. The van der Waals surface area contributed by atoms with Crippen LogP contribution in [-0.2, 0) is 27.4 Å². The summed E-state index contributed by atoms with van der Waals surface area (Å²) < 4.78 is 5.80. The zero-order valence-electron chi connectivity index (χ0n) is 19.8. The number of rotatable bonds is 1. The normalized spacial score (nSPS) is 32.0. The number of hydrogen-bond acceptors (Lipinski definition) is 5. The summed E-state index contributed by atoms with van der Waals surface area (Å²) in [6.45, 7) is 0.982. The molecule has 4 aliphatic rings. The van der Waals surface area contributed by atoms with Gasteiger partial charge in [-0.15, -0.1) is 0 Å². The third kappa shape index (κ3) is 5.33. The summed E-state index contributed by atoms with van der Waals surface area (Å²) >= 11 is 6.28. The smallest absolute Gasteiger partial charge is 0.410 e. The van der Waals surface area contributed by atoms with Crippen LogP contribution in [0.25, 0.3) is 0 Å². The average Bonchev–Trinajstić information content (AvgIpc) is 3.21. The van der Waals surface area contributed by atoms with Crippen LogP contribution in [-0.4, -0.2) is 58.5 Å². The van der Waals surface area contributed by atoms with Crippen molar-refractivity contribution in [1.82, 2.24) is 15.1 Å². The highest BCUT2D eigenvalue weighted by Gasteiger charge is 2.45. The number of nitrogens with zero attached hydrogens (tertiary/aromatic N) is 2. The molecule has 3 aliphatic heterocycles. The lowest BCUT2D eigenvalue weighted by molar-refractivity contribution is -0.139. The molecule has 0 bridgehead atoms. The number of benzene rings is 1. The fourth-order valence-electron chi connectivity index (χ4n) is 5.38. The fourth-order valence-corrected chi connectivity index (χ4v) is 5.64. The predicted octanol–water partition coefficient (Wildman–Crippen LogP) is 3.11. The molecule has 2 fully saturated rings. The molecule has 3 amide bonds. The Morgan fingerprint density at radius 1 is 1.14 bits per heavy atom. The van der Waals surface area contributed by atoms with E-state index in [2.05, 4.69) is 17.5 Å². The number of fused-ring (bicyclic) bond motifs is 3. The second-order valence-corrected chi connectivity index (χ2v) is 10.6. The molecule has 0 radical (unpaired) electrons. The Bertz CT molecular complexity index is 1030. The fraction of sp³-hybridized carbons (Fsp3) is 0.577. The molecule has 5 rings (SSSR count). The minimum absolute atomic E-state index is 0.101. The van der Waals surface area contributed by atoms with Crippen LogP contribution in [0.2, 0.25) is 5.02 Å². The molecule has 0 unspecified atom stereocenters. The summed E-state index contributed by atoms with van der Waals surface area (Å²) in [4.78, 5) is 42.4. The lowest BCUT2D eigenvalue weighted by atomic mass is 10.1. The molecular weight excluding hydrogens is 468 g/mol. The van der Waals surface area contributed by atoms with Crippen LogP contribution < -0.4 is 11.1 Å². The number of halogens is 1. The molecule has 0 aromatic heterocycles. The number of ether oxygens (including phenoxy) is 1. The van der Waals surface area contributed by atoms with E-state index < -0.39 is 24.3 Å². The molecule has 0 spiro atoms. The first-order valence-electron chi connectivity index (χ1n) is 12.7. The molecule has 1 aromatic rings. The maximum Gasteiger partial charge on any atom is 0.410 e. The summed E-state index contributed by atoms with van der Waals surface area (Å²) in [6.07, 6.45) is 9.09. The van der Waals surface area contributed by atoms with Crippen LogP contribution in [0.5, 0.6) is 0 Å². The van der Waals surface area contributed by atoms with Gasteiger partial charge in [0, 0.05) is 24.0 Å². The molecule has 35 heavy (non-hydrogen) atoms. The van der Waals surface area contributed by atoms with Crippen LogP contribution in [0, 0.1) is 5.92 Å². The first-order chi connectivity index (χ1) is 16.9. The molecule has 1 saturated carbocycles. The van der Waals surface area contributed by atoms with Gasteiger partial charge in [0.25, 0.3) is 0 Å². The van der Waals surface area contributed by atoms with E-state index in [1.165, 1.54) is 4.90 Å². The highest BCUT2D eigenvalue weighted by Crippen LogP contribution is 2.34. The molecule has 1 aromatic carbocycles. The molecule has 1 saturated heterocycles. The molecule has 188 valence electrons. The quantitative estimate of drug-likeness (QED) is 0.576. The van der Waals surface area contributed by atoms with Crippen molar-refractivity contribution in [3.05, 3.63) is 46.5 Å². The third-order valence-electron chi connectivity index (χ3n) is 7.55. The maximum atomic E-state index is 13.2. The molecule has 5 atom stereocenters. The van der Waals surface area contributed by atoms with Crippen molar-refractivity contribution in [2.75, 3.05) is 6.54 Å². The van der Waals surface area contributed by atoms with E-state index >= 15 is 0 Å². The lowest BCUT2D eigenvalue weighted by Gasteiger charge is -2.26. The number of amides is 3. The Balaban J connectivity index is 1.26. The summed E-state index contributed by atoms with van der Waals surface area (Å²) in [7, 11) is 0. The molecule has 3 heterocycles. The van der Waals surface area contributed by atoms with Crippen LogP contribution in [0.3, 0.4) is 0 Å². The third-order valence-corrected chi connectivity index (χ3v) is 7.91. The van der Waals surface area contributed by atoms with E-state index in [4.69, 9.17) is 22.1 Å². The van der Waals surface area contributed by atoms with E-state index in [0.29, 0.717) is 30.5 Å². The van der Waals surface area contributed by atoms with Crippen molar-refractivity contribution in [2.24, 2.45) is 11.7 Å². The molecular formula is C26H33ClN4O4. The topological polar surface area (TPSA) is 105 Å². The highest BCUT2D eigenvalue weighted by atomic mass is 35.5. The molecule has 1 aliphatic carbocycles. The summed E-state index contributed by atoms with van der Waals surface area (Å²) in [6, 6.07) is 4.38. The molecule has 3 N–H and O–H groups in total. The largest absolute Gasteiger partial charge is 0.444 e. The Morgan fingerprint density at radius 3 is 2.83 bits per heavy atom. The van der Waals surface area contributed by atoms with Gasteiger partial charge in [-0.25, -0.2) is 4.79 Å². The monoisotopic (exact) mass is 500 g/mol. The first kappa shape index (κ1) is 24.1. The van der Waals surface area contributed by atoms with Crippen molar-refractivity contribution < 1.29 is 19.1 Å². The summed E-state index contributed by atoms with van der Waals surface area (Å²) in [5.74, 6) is -0.0845. The van der Waals surface area contributed by atoms with Crippen molar-refractivity contribution in [3.8, 4) is 0 Å². The van der Waals surface area contributed by atoms with Gasteiger partial charge < -0.3 is 20.7 Å². The van der Waals surface area contributed by atoms with Crippen LogP contribution in [0.1, 0.15) is 56.1 Å². The van der Waals surface area contributed by atoms with Crippen molar-refractivity contribution in [1.29, 1.82) is 0 Å². The van der Waals surface area contributed by atoms with Gasteiger partial charge in [-0.1, -0.05) is 48.7 Å². The summed E-state index contributed by atoms with van der Waals surface area (Å²) in [5.41, 5.74) is 8.17. The molecule has 9 heteroatoms. The van der Waals surface area contributed by atoms with E-state index in [1.807, 2.05) is 18.2 Å². The van der Waals surface area contributed by atoms with Gasteiger partial charge in [0.15, 0.2) is 0 Å². The summed E-state index contributed by atoms with van der Waals surface area (Å²) in [5, 5.41) is 3.72. The van der Waals surface area contributed by atoms with Gasteiger partial charge in [-0.05, 0) is 48.8 Å². The number of allylic oxidation sites excluding steroid dienone is 1. The second kappa shape index (κ2) is 10.2. The molecule has 8 nitrogen and oxygen atoms in total. The Morgan fingerprint density at radius 2 is 2.00 bits per heavy atom. The Labute approximate surface area is 210 Å². The number of carbonyl (C=O) groups excluding carboxylic acids is 3. The van der Waals surface area contributed by atoms with E-state index in [0.717, 1.165) is 43.2 Å². The lowest BCUT2D eigenvalue weighted by Crippen LogP contribution is -2.51. The Kier molecular flexibility index (Phi) is 7.02. The van der Waals surface area contributed by atoms with Gasteiger partial charge in [0.1, 0.15) is 12.1 Å². The van der Waals surface area contributed by atoms with Crippen LogP contribution in [0.4, 0.5) is 4.79 Å². The zero-order valence-corrected chi connectivity index (χ0v) is 20.6. The SMILES string of the molecule is N[C@H]1CCCCC/C=C\[C@@H]2C[C@H]2NC(=O)[C@@H]2C[C@@H](OC(=O)N3Cc4cccc(Cl)c4C3)CN2C1=O. The number of hydrogen-bond donors (Lipinski definition) is 2. The number of nitrogens with two attached hydrogens (primary N) is 1. The number of carbonyl (C=O) groups is 3. The van der Waals surface area contributed by atoms with Gasteiger partial charge in [0.2, 0.25) is 11.8 Å². The van der Waals surface area contributed by atoms with Crippen molar-refractivity contribution in [2.45, 2.75) is 82.3 Å². The van der Waals surface area contributed by atoms with Crippen LogP contribution in [0.15, 0.2) is 30.4 Å².